The predicted molar refractivity (Wildman–Crippen MR) is 182 cm³/mol. The van der Waals surface area contributed by atoms with Crippen LogP contribution in [-0.4, -0.2) is 14.5 Å². The summed E-state index contributed by atoms with van der Waals surface area (Å²) in [5, 5.41) is 6.62. The van der Waals surface area contributed by atoms with Crippen molar-refractivity contribution in [1.82, 2.24) is 14.5 Å². The molecular weight excluding hydrogens is 554 g/mol. The number of aromatic nitrogens is 3. The van der Waals surface area contributed by atoms with E-state index in [1.807, 2.05) is 48.5 Å². The SMILES string of the molecule is c1ccc(-c2nc(-c3ccc4c(c3)oc3ccccc34)cc(-n3c4ccccc4c4cc5oc6ccccc6c5cc43)n2)cc1. The van der Waals surface area contributed by atoms with Gasteiger partial charge in [-0.1, -0.05) is 91.0 Å². The molecule has 0 unspecified atom stereocenters. The van der Waals surface area contributed by atoms with Crippen LogP contribution in [0.3, 0.4) is 0 Å². The van der Waals surface area contributed by atoms with Crippen LogP contribution in [0.25, 0.3) is 94.1 Å². The number of fused-ring (bicyclic) bond motifs is 9. The third-order valence-corrected chi connectivity index (χ3v) is 8.82. The highest BCUT2D eigenvalue weighted by molar-refractivity contribution is 6.17. The van der Waals surface area contributed by atoms with Gasteiger partial charge in [0.2, 0.25) is 0 Å². The second-order valence-electron chi connectivity index (χ2n) is 11.4. The zero-order valence-corrected chi connectivity index (χ0v) is 23.9. The van der Waals surface area contributed by atoms with Gasteiger partial charge in [-0.15, -0.1) is 0 Å². The first-order chi connectivity index (χ1) is 22.3. The Morgan fingerprint density at radius 3 is 1.84 bits per heavy atom. The second-order valence-corrected chi connectivity index (χ2v) is 11.4. The number of hydrogen-bond acceptors (Lipinski definition) is 4. The van der Waals surface area contributed by atoms with Crippen LogP contribution in [0.15, 0.2) is 148 Å². The van der Waals surface area contributed by atoms with Gasteiger partial charge in [0.25, 0.3) is 0 Å². The van der Waals surface area contributed by atoms with Crippen molar-refractivity contribution in [3.63, 3.8) is 0 Å². The van der Waals surface area contributed by atoms with E-state index >= 15 is 0 Å². The van der Waals surface area contributed by atoms with Crippen molar-refractivity contribution in [3.05, 3.63) is 140 Å². The van der Waals surface area contributed by atoms with E-state index in [0.29, 0.717) is 5.82 Å². The maximum absolute atomic E-state index is 6.29. The molecule has 0 bridgehead atoms. The van der Waals surface area contributed by atoms with E-state index in [1.54, 1.807) is 0 Å². The lowest BCUT2D eigenvalue weighted by Crippen LogP contribution is -2.02. The highest BCUT2D eigenvalue weighted by Gasteiger charge is 2.19. The van der Waals surface area contributed by atoms with Crippen LogP contribution in [0.1, 0.15) is 0 Å². The molecule has 0 atom stereocenters. The van der Waals surface area contributed by atoms with Crippen molar-refractivity contribution in [2.75, 3.05) is 0 Å². The molecule has 5 nitrogen and oxygen atoms in total. The van der Waals surface area contributed by atoms with E-state index in [0.717, 1.165) is 88.3 Å². The standard InChI is InChI=1S/C40H23N3O2/c1-2-10-24(11-3-1)40-41-32(25-18-19-29-27-13-5-8-16-35(27)44-37(29)20-25)23-39(42-40)43-33-15-7-4-12-26(33)30-22-38-31(21-34(30)43)28-14-6-9-17-36(28)45-38/h1-23H. The van der Waals surface area contributed by atoms with Crippen LogP contribution in [0.5, 0.6) is 0 Å². The molecule has 0 saturated heterocycles. The van der Waals surface area contributed by atoms with Crippen LogP contribution in [0.4, 0.5) is 0 Å². The van der Waals surface area contributed by atoms with Gasteiger partial charge in [0.1, 0.15) is 28.1 Å². The van der Waals surface area contributed by atoms with Crippen molar-refractivity contribution in [2.45, 2.75) is 0 Å². The molecule has 0 radical (unpaired) electrons. The molecule has 45 heavy (non-hydrogen) atoms. The summed E-state index contributed by atoms with van der Waals surface area (Å²) in [6.45, 7) is 0. The molecule has 0 saturated carbocycles. The van der Waals surface area contributed by atoms with Gasteiger partial charge in [-0.05, 0) is 42.5 Å². The largest absolute Gasteiger partial charge is 0.456 e. The van der Waals surface area contributed by atoms with Gasteiger partial charge in [0.15, 0.2) is 5.82 Å². The minimum absolute atomic E-state index is 0.661. The molecule has 0 aliphatic rings. The van der Waals surface area contributed by atoms with Gasteiger partial charge in [-0.2, -0.15) is 0 Å². The first-order valence-corrected chi connectivity index (χ1v) is 15.0. The summed E-state index contributed by atoms with van der Waals surface area (Å²) in [4.78, 5) is 10.3. The van der Waals surface area contributed by atoms with Crippen LogP contribution in [-0.2, 0) is 0 Å². The van der Waals surface area contributed by atoms with Crippen LogP contribution in [0, 0.1) is 0 Å². The van der Waals surface area contributed by atoms with Crippen molar-refractivity contribution in [2.24, 2.45) is 0 Å². The lowest BCUT2D eigenvalue weighted by atomic mass is 10.1. The fraction of sp³-hybridized carbons (Fsp3) is 0. The summed E-state index contributed by atoms with van der Waals surface area (Å²) >= 11 is 0. The molecule has 4 aromatic heterocycles. The monoisotopic (exact) mass is 577 g/mol. The highest BCUT2D eigenvalue weighted by Crippen LogP contribution is 2.39. The summed E-state index contributed by atoms with van der Waals surface area (Å²) in [5.74, 6) is 1.45. The van der Waals surface area contributed by atoms with Gasteiger partial charge in [-0.3, -0.25) is 4.57 Å². The van der Waals surface area contributed by atoms with E-state index in [1.165, 1.54) is 0 Å². The summed E-state index contributed by atoms with van der Waals surface area (Å²) in [7, 11) is 0. The molecule has 0 aliphatic heterocycles. The van der Waals surface area contributed by atoms with Crippen molar-refractivity contribution in [1.29, 1.82) is 0 Å². The molecular formula is C40H23N3O2. The molecule has 5 heteroatoms. The van der Waals surface area contributed by atoms with Crippen LogP contribution in [0.2, 0.25) is 0 Å². The quantitative estimate of drug-likeness (QED) is 0.210. The maximum Gasteiger partial charge on any atom is 0.162 e. The zero-order valence-electron chi connectivity index (χ0n) is 23.9. The van der Waals surface area contributed by atoms with Crippen molar-refractivity contribution < 1.29 is 8.83 Å². The minimum atomic E-state index is 0.661. The highest BCUT2D eigenvalue weighted by atomic mass is 16.3. The number of hydrogen-bond donors (Lipinski definition) is 0. The van der Waals surface area contributed by atoms with E-state index in [9.17, 15) is 0 Å². The van der Waals surface area contributed by atoms with E-state index in [2.05, 4.69) is 95.6 Å². The van der Waals surface area contributed by atoms with Gasteiger partial charge in [-0.25, -0.2) is 9.97 Å². The Bertz CT molecular complexity index is 2770. The summed E-state index contributed by atoms with van der Waals surface area (Å²) < 4.78 is 14.8. The molecule has 210 valence electrons. The third-order valence-electron chi connectivity index (χ3n) is 8.82. The Morgan fingerprint density at radius 2 is 1.04 bits per heavy atom. The van der Waals surface area contributed by atoms with Crippen molar-refractivity contribution in [3.8, 4) is 28.5 Å². The van der Waals surface area contributed by atoms with E-state index < -0.39 is 0 Å². The molecule has 0 amide bonds. The average Bonchev–Trinajstić information content (AvgIpc) is 3.76. The first-order valence-electron chi connectivity index (χ1n) is 15.0. The number of rotatable bonds is 3. The minimum Gasteiger partial charge on any atom is -0.456 e. The van der Waals surface area contributed by atoms with Gasteiger partial charge in [0, 0.05) is 49.5 Å². The topological polar surface area (TPSA) is 57.0 Å². The molecule has 0 fully saturated rings. The number of nitrogens with zero attached hydrogens (tertiary/aromatic N) is 3. The molecule has 10 aromatic rings. The predicted octanol–water partition coefficient (Wildman–Crippen LogP) is 10.7. The van der Waals surface area contributed by atoms with E-state index in [4.69, 9.17) is 18.8 Å². The molecule has 4 heterocycles. The molecule has 0 aliphatic carbocycles. The van der Waals surface area contributed by atoms with Crippen molar-refractivity contribution >= 4 is 65.7 Å². The lowest BCUT2D eigenvalue weighted by Gasteiger charge is -2.12. The van der Waals surface area contributed by atoms with Gasteiger partial charge < -0.3 is 8.83 Å². The number of furan rings is 2. The third kappa shape index (κ3) is 3.61. The van der Waals surface area contributed by atoms with E-state index in [-0.39, 0.29) is 0 Å². The molecule has 6 aromatic carbocycles. The molecule has 10 rings (SSSR count). The summed E-state index contributed by atoms with van der Waals surface area (Å²) in [6, 6.07) is 47.8. The Kier molecular flexibility index (Phi) is 4.93. The average molecular weight is 578 g/mol. The Balaban J connectivity index is 1.27. The Hall–Kier alpha value is -6.20. The molecule has 0 spiro atoms. The Morgan fingerprint density at radius 1 is 0.400 bits per heavy atom. The number of benzene rings is 6. The smallest absolute Gasteiger partial charge is 0.162 e. The van der Waals surface area contributed by atoms with Crippen LogP contribution >= 0.6 is 0 Å². The summed E-state index contributed by atoms with van der Waals surface area (Å²) in [6.07, 6.45) is 0. The zero-order chi connectivity index (χ0) is 29.5. The first kappa shape index (κ1) is 24.3. The lowest BCUT2D eigenvalue weighted by molar-refractivity contribution is 0.669. The van der Waals surface area contributed by atoms with Gasteiger partial charge >= 0.3 is 0 Å². The fourth-order valence-electron chi connectivity index (χ4n) is 6.73. The number of para-hydroxylation sites is 3. The maximum atomic E-state index is 6.29. The van der Waals surface area contributed by atoms with Crippen LogP contribution < -0.4 is 0 Å². The fourth-order valence-corrected chi connectivity index (χ4v) is 6.73. The second kappa shape index (κ2) is 9.15. The summed E-state index contributed by atoms with van der Waals surface area (Å²) in [5.41, 5.74) is 8.34. The normalized spacial score (nSPS) is 12.0. The van der Waals surface area contributed by atoms with Gasteiger partial charge in [0.05, 0.1) is 16.7 Å². The molecule has 0 N–H and O–H groups in total. The Labute approximate surface area is 256 Å².